The van der Waals surface area contributed by atoms with E-state index in [0.717, 1.165) is 23.9 Å². The molecule has 0 saturated carbocycles. The molecule has 10 heteroatoms. The zero-order chi connectivity index (χ0) is 21.0. The Morgan fingerprint density at radius 1 is 1.21 bits per heavy atom. The van der Waals surface area contributed by atoms with Gasteiger partial charge < -0.3 is 15.4 Å². The smallest absolute Gasteiger partial charge is 0.416 e. The fourth-order valence-corrected chi connectivity index (χ4v) is 3.11. The lowest BCUT2D eigenvalue weighted by Crippen LogP contribution is -2.20. The Labute approximate surface area is 167 Å². The number of anilines is 1. The van der Waals surface area contributed by atoms with Crippen LogP contribution in [-0.2, 0) is 15.8 Å². The molecule has 0 radical (unpaired) electrons. The number of carbonyl (C=O) groups excluding carboxylic acids is 2. The van der Waals surface area contributed by atoms with Crippen LogP contribution in [0.3, 0.4) is 0 Å². The molecule has 0 aromatic heterocycles. The summed E-state index contributed by atoms with van der Waals surface area (Å²) in [5.41, 5.74) is -0.217. The standard InChI is InChI=1S/C19H14F3N3O3S/c20-19(21,22)12-4-2-5-13(9-12)24-16(26)10-28-14-6-1-3-11(7-14)8-15-17(27)25-18(23)29-15/h1-9H,10H2,(H,24,26)(H2,23,25,27)/b15-8-. The first-order valence-corrected chi connectivity index (χ1v) is 9.02. The molecule has 0 bridgehead atoms. The second kappa shape index (κ2) is 8.39. The number of alkyl halides is 3. The maximum absolute atomic E-state index is 12.7. The summed E-state index contributed by atoms with van der Waals surface area (Å²) in [5, 5.41) is 12.2. The summed E-state index contributed by atoms with van der Waals surface area (Å²) in [6, 6.07) is 10.9. The van der Waals surface area contributed by atoms with Crippen LogP contribution in [0.4, 0.5) is 18.9 Å². The van der Waals surface area contributed by atoms with Crippen molar-refractivity contribution >= 4 is 40.5 Å². The molecule has 1 fully saturated rings. The molecule has 1 saturated heterocycles. The number of ether oxygens (including phenoxy) is 1. The Balaban J connectivity index is 1.60. The molecule has 0 aliphatic carbocycles. The topological polar surface area (TPSA) is 91.3 Å². The molecule has 0 unspecified atom stereocenters. The van der Waals surface area contributed by atoms with Crippen molar-refractivity contribution in [1.29, 1.82) is 5.41 Å². The van der Waals surface area contributed by atoms with Crippen LogP contribution in [0.15, 0.2) is 53.4 Å². The van der Waals surface area contributed by atoms with Crippen molar-refractivity contribution in [2.24, 2.45) is 0 Å². The number of nitrogens with one attached hydrogen (secondary N) is 3. The van der Waals surface area contributed by atoms with Crippen molar-refractivity contribution in [3.05, 3.63) is 64.6 Å². The molecule has 150 valence electrons. The summed E-state index contributed by atoms with van der Waals surface area (Å²) < 4.78 is 43.5. The van der Waals surface area contributed by atoms with Crippen LogP contribution in [0.5, 0.6) is 5.75 Å². The van der Waals surface area contributed by atoms with Gasteiger partial charge in [-0.05, 0) is 53.7 Å². The predicted molar refractivity (Wildman–Crippen MR) is 103 cm³/mol. The number of thioether (sulfide) groups is 1. The molecule has 1 aliphatic heterocycles. The van der Waals surface area contributed by atoms with Crippen molar-refractivity contribution < 1.29 is 27.5 Å². The van der Waals surface area contributed by atoms with E-state index in [1.54, 1.807) is 30.3 Å². The molecule has 3 rings (SSSR count). The van der Waals surface area contributed by atoms with Crippen LogP contribution in [0.25, 0.3) is 6.08 Å². The largest absolute Gasteiger partial charge is 0.484 e. The van der Waals surface area contributed by atoms with Gasteiger partial charge in [-0.25, -0.2) is 0 Å². The fourth-order valence-electron chi connectivity index (χ4n) is 2.41. The zero-order valence-electron chi connectivity index (χ0n) is 14.7. The minimum atomic E-state index is -4.50. The molecule has 0 spiro atoms. The zero-order valence-corrected chi connectivity index (χ0v) is 15.5. The van der Waals surface area contributed by atoms with Crippen molar-refractivity contribution in [1.82, 2.24) is 5.32 Å². The van der Waals surface area contributed by atoms with Crippen molar-refractivity contribution in [2.75, 3.05) is 11.9 Å². The molecule has 2 aromatic rings. The first-order valence-electron chi connectivity index (χ1n) is 8.20. The molecule has 2 aromatic carbocycles. The van der Waals surface area contributed by atoms with Crippen molar-refractivity contribution in [3.63, 3.8) is 0 Å². The average molecular weight is 421 g/mol. The Hall–Kier alpha value is -3.27. The number of amides is 2. The summed E-state index contributed by atoms with van der Waals surface area (Å²) in [7, 11) is 0. The van der Waals surface area contributed by atoms with Gasteiger partial charge in [0, 0.05) is 5.69 Å². The van der Waals surface area contributed by atoms with Crippen LogP contribution in [0.1, 0.15) is 11.1 Å². The Morgan fingerprint density at radius 2 is 1.97 bits per heavy atom. The third-order valence-electron chi connectivity index (χ3n) is 3.66. The molecule has 3 N–H and O–H groups in total. The number of carbonyl (C=O) groups is 2. The van der Waals surface area contributed by atoms with E-state index < -0.39 is 24.3 Å². The number of hydrogen-bond acceptors (Lipinski definition) is 5. The van der Waals surface area contributed by atoms with Crippen LogP contribution >= 0.6 is 11.8 Å². The summed E-state index contributed by atoms with van der Waals surface area (Å²) in [4.78, 5) is 24.0. The molecular weight excluding hydrogens is 407 g/mol. The lowest BCUT2D eigenvalue weighted by atomic mass is 10.2. The molecule has 0 atom stereocenters. The monoisotopic (exact) mass is 421 g/mol. The van der Waals surface area contributed by atoms with Gasteiger partial charge in [0.1, 0.15) is 5.75 Å². The second-order valence-corrected chi connectivity index (χ2v) is 6.93. The van der Waals surface area contributed by atoms with E-state index in [1.165, 1.54) is 12.1 Å². The minimum absolute atomic E-state index is 0.0126. The molecule has 29 heavy (non-hydrogen) atoms. The number of amidine groups is 1. The SMILES string of the molecule is N=C1NC(=O)/C(=C/c2cccc(OCC(=O)Nc3cccc(C(F)(F)F)c3)c2)S1. The van der Waals surface area contributed by atoms with Gasteiger partial charge in [-0.15, -0.1) is 0 Å². The lowest BCUT2D eigenvalue weighted by Gasteiger charge is -2.11. The number of rotatable bonds is 5. The van der Waals surface area contributed by atoms with E-state index in [4.69, 9.17) is 10.1 Å². The molecule has 1 heterocycles. The summed E-state index contributed by atoms with van der Waals surface area (Å²) in [5.74, 6) is -0.643. The fraction of sp³-hybridized carbons (Fsp3) is 0.105. The van der Waals surface area contributed by atoms with E-state index in [9.17, 15) is 22.8 Å². The van der Waals surface area contributed by atoms with E-state index in [-0.39, 0.29) is 16.8 Å². The van der Waals surface area contributed by atoms with Gasteiger partial charge in [0.15, 0.2) is 11.8 Å². The van der Waals surface area contributed by atoms with Gasteiger partial charge in [-0.3, -0.25) is 15.0 Å². The highest BCUT2D eigenvalue weighted by Gasteiger charge is 2.30. The van der Waals surface area contributed by atoms with Gasteiger partial charge in [0.05, 0.1) is 10.5 Å². The third-order valence-corrected chi connectivity index (χ3v) is 4.49. The Bertz CT molecular complexity index is 1010. The van der Waals surface area contributed by atoms with E-state index >= 15 is 0 Å². The molecule has 6 nitrogen and oxygen atoms in total. The maximum atomic E-state index is 12.7. The van der Waals surface area contributed by atoms with E-state index in [2.05, 4.69) is 10.6 Å². The van der Waals surface area contributed by atoms with Crippen molar-refractivity contribution in [3.8, 4) is 5.75 Å². The highest BCUT2D eigenvalue weighted by molar-refractivity contribution is 8.18. The van der Waals surface area contributed by atoms with Crippen LogP contribution in [-0.4, -0.2) is 23.6 Å². The normalized spacial score (nSPS) is 15.3. The van der Waals surface area contributed by atoms with E-state index in [1.807, 2.05) is 0 Å². The van der Waals surface area contributed by atoms with Crippen LogP contribution in [0.2, 0.25) is 0 Å². The number of hydrogen-bond donors (Lipinski definition) is 3. The molecular formula is C19H14F3N3O3S. The van der Waals surface area contributed by atoms with Crippen molar-refractivity contribution in [2.45, 2.75) is 6.18 Å². The molecule has 1 aliphatic rings. The van der Waals surface area contributed by atoms with Gasteiger partial charge in [-0.1, -0.05) is 18.2 Å². The average Bonchev–Trinajstić information content (AvgIpc) is 2.97. The van der Waals surface area contributed by atoms with Gasteiger partial charge in [0.25, 0.3) is 11.8 Å². The minimum Gasteiger partial charge on any atom is -0.484 e. The summed E-state index contributed by atoms with van der Waals surface area (Å²) in [6.07, 6.45) is -2.92. The van der Waals surface area contributed by atoms with E-state index in [0.29, 0.717) is 16.2 Å². The van der Waals surface area contributed by atoms with Gasteiger partial charge >= 0.3 is 6.18 Å². The Morgan fingerprint density at radius 3 is 2.66 bits per heavy atom. The quantitative estimate of drug-likeness (QED) is 0.640. The number of benzene rings is 2. The first-order chi connectivity index (χ1) is 13.7. The Kier molecular flexibility index (Phi) is 5.92. The highest BCUT2D eigenvalue weighted by Crippen LogP contribution is 2.30. The van der Waals surface area contributed by atoms with Crippen LogP contribution in [0, 0.1) is 5.41 Å². The predicted octanol–water partition coefficient (Wildman–Crippen LogP) is 3.86. The van der Waals surface area contributed by atoms with Crippen LogP contribution < -0.4 is 15.4 Å². The summed E-state index contributed by atoms with van der Waals surface area (Å²) in [6.45, 7) is -0.407. The lowest BCUT2D eigenvalue weighted by molar-refractivity contribution is -0.137. The third kappa shape index (κ3) is 5.61. The highest BCUT2D eigenvalue weighted by atomic mass is 32.2. The van der Waals surface area contributed by atoms with Gasteiger partial charge in [-0.2, -0.15) is 13.2 Å². The molecule has 2 amide bonds. The second-order valence-electron chi connectivity index (χ2n) is 5.88. The van der Waals surface area contributed by atoms with Gasteiger partial charge in [0.2, 0.25) is 0 Å². The number of halogens is 3. The maximum Gasteiger partial charge on any atom is 0.416 e. The summed E-state index contributed by atoms with van der Waals surface area (Å²) >= 11 is 0.995. The first kappa shape index (κ1) is 20.5.